The highest BCUT2D eigenvalue weighted by Gasteiger charge is 2.21. The maximum atomic E-state index is 12.6. The highest BCUT2D eigenvalue weighted by Crippen LogP contribution is 2.20. The van der Waals surface area contributed by atoms with Crippen molar-refractivity contribution in [1.29, 1.82) is 0 Å². The molecule has 27 heavy (non-hydrogen) atoms. The Balaban J connectivity index is 1.96. The van der Waals surface area contributed by atoms with Crippen LogP contribution in [0.3, 0.4) is 0 Å². The van der Waals surface area contributed by atoms with Gasteiger partial charge in [0.15, 0.2) is 0 Å². The molecule has 1 saturated carbocycles. The fourth-order valence-electron chi connectivity index (χ4n) is 2.83. The highest BCUT2D eigenvalue weighted by atomic mass is 32.2. The minimum absolute atomic E-state index is 0.0107. The van der Waals surface area contributed by atoms with Crippen molar-refractivity contribution in [1.82, 2.24) is 10.0 Å². The average molecular weight is 393 g/mol. The first-order valence-corrected chi connectivity index (χ1v) is 10.7. The van der Waals surface area contributed by atoms with E-state index in [1.165, 1.54) is 6.42 Å². The van der Waals surface area contributed by atoms with Crippen molar-refractivity contribution in [3.63, 3.8) is 0 Å². The van der Waals surface area contributed by atoms with Crippen LogP contribution >= 0.6 is 0 Å². The van der Waals surface area contributed by atoms with Crippen molar-refractivity contribution in [3.05, 3.63) is 29.8 Å². The van der Waals surface area contributed by atoms with Crippen molar-refractivity contribution in [3.8, 4) is 11.8 Å². The van der Waals surface area contributed by atoms with Crippen LogP contribution in [0.2, 0.25) is 0 Å². The van der Waals surface area contributed by atoms with Gasteiger partial charge in [-0.05, 0) is 51.8 Å². The molecule has 1 aliphatic rings. The Morgan fingerprint density at radius 1 is 1.22 bits per heavy atom. The Morgan fingerprint density at radius 3 is 2.59 bits per heavy atom. The molecule has 0 atom stereocenters. The van der Waals surface area contributed by atoms with Gasteiger partial charge < -0.3 is 10.1 Å². The van der Waals surface area contributed by atoms with Gasteiger partial charge in [-0.25, -0.2) is 17.9 Å². The Labute approximate surface area is 162 Å². The average Bonchev–Trinajstić information content (AvgIpc) is 2.58. The number of carbonyl (C=O) groups excluding carboxylic acids is 1. The lowest BCUT2D eigenvalue weighted by molar-refractivity contribution is 0.0535. The van der Waals surface area contributed by atoms with Gasteiger partial charge in [-0.3, -0.25) is 0 Å². The first-order chi connectivity index (χ1) is 12.7. The molecular weight excluding hydrogens is 364 g/mol. The van der Waals surface area contributed by atoms with Crippen molar-refractivity contribution >= 4 is 16.1 Å². The van der Waals surface area contributed by atoms with Crippen LogP contribution in [0.5, 0.6) is 0 Å². The van der Waals surface area contributed by atoms with Crippen molar-refractivity contribution < 1.29 is 17.9 Å². The van der Waals surface area contributed by atoms with E-state index in [-0.39, 0.29) is 17.5 Å². The van der Waals surface area contributed by atoms with Gasteiger partial charge in [0.05, 0.1) is 11.4 Å². The van der Waals surface area contributed by atoms with Crippen LogP contribution in [-0.4, -0.2) is 32.7 Å². The molecule has 0 aromatic heterocycles. The van der Waals surface area contributed by atoms with Crippen LogP contribution in [0.15, 0.2) is 29.2 Å². The summed E-state index contributed by atoms with van der Waals surface area (Å²) in [5.74, 6) is 5.67. The lowest BCUT2D eigenvalue weighted by Gasteiger charge is -2.22. The largest absolute Gasteiger partial charge is 0.444 e. The number of hydrogen-bond acceptors (Lipinski definition) is 4. The molecule has 0 aliphatic heterocycles. The number of hydrogen-bond donors (Lipinski definition) is 2. The highest BCUT2D eigenvalue weighted by molar-refractivity contribution is 7.89. The standard InChI is InChI=1S/C20H28N2O4S/c1-20(2,3)26-19(23)21-14-8-10-16-9-7-13-18(15-16)27(24,25)22-17-11-5-4-6-12-17/h7,9,13,15,17,22H,4-6,11-12,14H2,1-3H3,(H,21,23). The Kier molecular flexibility index (Phi) is 7.28. The minimum Gasteiger partial charge on any atom is -0.444 e. The van der Waals surface area contributed by atoms with Gasteiger partial charge in [0.1, 0.15) is 5.60 Å². The molecule has 6 nitrogen and oxygen atoms in total. The Hall–Kier alpha value is -2.04. The minimum atomic E-state index is -3.55. The van der Waals surface area contributed by atoms with Crippen LogP contribution in [-0.2, 0) is 14.8 Å². The van der Waals surface area contributed by atoms with E-state index in [0.29, 0.717) is 5.56 Å². The molecule has 148 valence electrons. The fraction of sp³-hybridized carbons (Fsp3) is 0.550. The summed E-state index contributed by atoms with van der Waals surface area (Å²) in [5.41, 5.74) is 0.0124. The SMILES string of the molecule is CC(C)(C)OC(=O)NCC#Cc1cccc(S(=O)(=O)NC2CCCCC2)c1. The van der Waals surface area contributed by atoms with Gasteiger partial charge in [0.2, 0.25) is 10.0 Å². The molecule has 1 aromatic carbocycles. The Bertz CT molecular complexity index is 810. The van der Waals surface area contributed by atoms with Gasteiger partial charge in [0, 0.05) is 11.6 Å². The van der Waals surface area contributed by atoms with E-state index < -0.39 is 21.7 Å². The zero-order valence-corrected chi connectivity index (χ0v) is 17.0. The second kappa shape index (κ2) is 9.25. The van der Waals surface area contributed by atoms with Gasteiger partial charge in [-0.2, -0.15) is 0 Å². The van der Waals surface area contributed by atoms with Gasteiger partial charge in [-0.1, -0.05) is 37.2 Å². The van der Waals surface area contributed by atoms with E-state index in [1.54, 1.807) is 45.0 Å². The third kappa shape index (κ3) is 7.61. The summed E-state index contributed by atoms with van der Waals surface area (Å²) in [5, 5.41) is 2.54. The molecule has 1 amide bonds. The monoisotopic (exact) mass is 392 g/mol. The molecule has 0 radical (unpaired) electrons. The van der Waals surface area contributed by atoms with E-state index in [1.807, 2.05) is 0 Å². The van der Waals surface area contributed by atoms with Crippen LogP contribution in [0.25, 0.3) is 0 Å². The van der Waals surface area contributed by atoms with E-state index in [4.69, 9.17) is 4.74 Å². The van der Waals surface area contributed by atoms with Crippen LogP contribution in [0, 0.1) is 11.8 Å². The van der Waals surface area contributed by atoms with Crippen molar-refractivity contribution in [2.75, 3.05) is 6.54 Å². The predicted octanol–water partition coefficient (Wildman–Crippen LogP) is 3.17. The van der Waals surface area contributed by atoms with E-state index in [2.05, 4.69) is 21.9 Å². The zero-order valence-electron chi connectivity index (χ0n) is 16.2. The second-order valence-corrected chi connectivity index (χ2v) is 9.36. The number of alkyl carbamates (subject to hydrolysis) is 1. The smallest absolute Gasteiger partial charge is 0.408 e. The summed E-state index contributed by atoms with van der Waals surface area (Å²) in [6.07, 6.45) is 4.52. The van der Waals surface area contributed by atoms with Crippen LogP contribution in [0.4, 0.5) is 4.79 Å². The van der Waals surface area contributed by atoms with E-state index in [0.717, 1.165) is 25.7 Å². The molecule has 2 N–H and O–H groups in total. The molecule has 1 aliphatic carbocycles. The summed E-state index contributed by atoms with van der Waals surface area (Å²) in [6.45, 7) is 5.47. The number of carbonyl (C=O) groups is 1. The number of benzene rings is 1. The molecule has 0 unspecified atom stereocenters. The normalized spacial score (nSPS) is 15.5. The topological polar surface area (TPSA) is 84.5 Å². The molecule has 2 rings (SSSR count). The third-order valence-corrected chi connectivity index (χ3v) is 5.54. The molecule has 0 saturated heterocycles. The van der Waals surface area contributed by atoms with Crippen molar-refractivity contribution in [2.24, 2.45) is 0 Å². The van der Waals surface area contributed by atoms with Crippen LogP contribution < -0.4 is 10.0 Å². The summed E-state index contributed by atoms with van der Waals surface area (Å²) >= 11 is 0. The second-order valence-electron chi connectivity index (χ2n) is 7.64. The maximum absolute atomic E-state index is 12.6. The van der Waals surface area contributed by atoms with Gasteiger partial charge >= 0.3 is 6.09 Å². The Morgan fingerprint density at radius 2 is 1.93 bits per heavy atom. The quantitative estimate of drug-likeness (QED) is 0.771. The summed E-state index contributed by atoms with van der Waals surface area (Å²) in [6, 6.07) is 6.53. The molecule has 0 heterocycles. The lowest BCUT2D eigenvalue weighted by Crippen LogP contribution is -2.36. The molecule has 1 fully saturated rings. The van der Waals surface area contributed by atoms with Gasteiger partial charge in [0.25, 0.3) is 0 Å². The third-order valence-electron chi connectivity index (χ3n) is 4.02. The predicted molar refractivity (Wildman–Crippen MR) is 105 cm³/mol. The molecule has 0 bridgehead atoms. The summed E-state index contributed by atoms with van der Waals surface area (Å²) < 4.78 is 33.1. The molecule has 0 spiro atoms. The number of amides is 1. The van der Waals surface area contributed by atoms with E-state index >= 15 is 0 Å². The van der Waals surface area contributed by atoms with Crippen molar-refractivity contribution in [2.45, 2.75) is 69.4 Å². The lowest BCUT2D eigenvalue weighted by atomic mass is 9.96. The number of nitrogens with one attached hydrogen (secondary N) is 2. The summed E-state index contributed by atoms with van der Waals surface area (Å²) in [7, 11) is -3.55. The fourth-order valence-corrected chi connectivity index (χ4v) is 4.18. The maximum Gasteiger partial charge on any atom is 0.408 e. The van der Waals surface area contributed by atoms with Gasteiger partial charge in [-0.15, -0.1) is 0 Å². The molecule has 1 aromatic rings. The first-order valence-electron chi connectivity index (χ1n) is 9.24. The molecular formula is C20H28N2O4S. The molecule has 7 heteroatoms. The first kappa shape index (κ1) is 21.3. The number of rotatable bonds is 4. The number of ether oxygens (including phenoxy) is 1. The zero-order chi connectivity index (χ0) is 19.9. The van der Waals surface area contributed by atoms with E-state index in [9.17, 15) is 13.2 Å². The number of sulfonamides is 1. The summed E-state index contributed by atoms with van der Waals surface area (Å²) in [4.78, 5) is 11.8. The van der Waals surface area contributed by atoms with Crippen LogP contribution in [0.1, 0.15) is 58.4 Å².